The molecule has 3 aromatic rings. The van der Waals surface area contributed by atoms with Crippen molar-refractivity contribution in [2.45, 2.75) is 64.8 Å². The number of nitrogens with zero attached hydrogens (tertiary/aromatic N) is 3. The van der Waals surface area contributed by atoms with E-state index in [0.717, 1.165) is 36.8 Å². The van der Waals surface area contributed by atoms with E-state index in [2.05, 4.69) is 31.1 Å². The van der Waals surface area contributed by atoms with Crippen molar-refractivity contribution < 1.29 is 9.53 Å². The third kappa shape index (κ3) is 5.27. The third-order valence-electron chi connectivity index (χ3n) is 6.33. The third-order valence-corrected chi connectivity index (χ3v) is 6.33. The van der Waals surface area contributed by atoms with Crippen LogP contribution in [0.4, 0.5) is 0 Å². The van der Waals surface area contributed by atoms with Crippen molar-refractivity contribution >= 4 is 17.6 Å². The van der Waals surface area contributed by atoms with Crippen LogP contribution in [0.15, 0.2) is 53.0 Å². The summed E-state index contributed by atoms with van der Waals surface area (Å²) in [4.78, 5) is 30.9. The number of nitriles is 1. The Morgan fingerprint density at radius 3 is 2.51 bits per heavy atom. The molecule has 1 saturated carbocycles. The van der Waals surface area contributed by atoms with Gasteiger partial charge in [0.05, 0.1) is 0 Å². The summed E-state index contributed by atoms with van der Waals surface area (Å²) in [7, 11) is 0. The van der Waals surface area contributed by atoms with Gasteiger partial charge in [-0.3, -0.25) is 14.0 Å². The molecule has 180 valence electrons. The van der Waals surface area contributed by atoms with Crippen molar-refractivity contribution in [2.75, 3.05) is 0 Å². The highest BCUT2D eigenvalue weighted by atomic mass is 16.5. The summed E-state index contributed by atoms with van der Waals surface area (Å²) >= 11 is 0. The Labute approximate surface area is 205 Å². The lowest BCUT2D eigenvalue weighted by Crippen LogP contribution is -2.33. The Morgan fingerprint density at radius 1 is 1.20 bits per heavy atom. The number of amides is 1. The fourth-order valence-electron chi connectivity index (χ4n) is 4.25. The van der Waals surface area contributed by atoms with Crippen molar-refractivity contribution in [2.24, 2.45) is 0 Å². The van der Waals surface area contributed by atoms with E-state index in [-0.39, 0.29) is 28.5 Å². The van der Waals surface area contributed by atoms with Gasteiger partial charge in [-0.1, -0.05) is 51.8 Å². The van der Waals surface area contributed by atoms with E-state index >= 15 is 0 Å². The Kier molecular flexibility index (Phi) is 6.74. The molecule has 7 heteroatoms. The van der Waals surface area contributed by atoms with Gasteiger partial charge in [0.1, 0.15) is 28.6 Å². The van der Waals surface area contributed by atoms with Crippen molar-refractivity contribution in [3.05, 3.63) is 75.2 Å². The lowest BCUT2D eigenvalue weighted by Gasteiger charge is -2.19. The molecule has 1 aliphatic carbocycles. The molecule has 0 bridgehead atoms. The van der Waals surface area contributed by atoms with Gasteiger partial charge in [-0.05, 0) is 60.6 Å². The average Bonchev–Trinajstić information content (AvgIpc) is 3.32. The number of hydrogen-bond acceptors (Lipinski definition) is 5. The van der Waals surface area contributed by atoms with Crippen molar-refractivity contribution in [1.82, 2.24) is 14.7 Å². The zero-order chi connectivity index (χ0) is 25.2. The van der Waals surface area contributed by atoms with Crippen molar-refractivity contribution in [1.29, 1.82) is 5.26 Å². The molecule has 1 fully saturated rings. The van der Waals surface area contributed by atoms with Crippen molar-refractivity contribution in [3.63, 3.8) is 0 Å². The summed E-state index contributed by atoms with van der Waals surface area (Å²) in [5.74, 6) is 0.0641. The summed E-state index contributed by atoms with van der Waals surface area (Å²) in [6.07, 6.45) is 6.79. The minimum absolute atomic E-state index is 0.0159. The van der Waals surface area contributed by atoms with Crippen molar-refractivity contribution in [3.8, 4) is 17.7 Å². The van der Waals surface area contributed by atoms with Crippen LogP contribution in [-0.2, 0) is 10.2 Å². The largest absolute Gasteiger partial charge is 0.438 e. The van der Waals surface area contributed by atoms with Gasteiger partial charge in [0.15, 0.2) is 0 Å². The molecule has 0 unspecified atom stereocenters. The number of rotatable bonds is 5. The Morgan fingerprint density at radius 2 is 1.89 bits per heavy atom. The first-order valence-corrected chi connectivity index (χ1v) is 11.9. The maximum atomic E-state index is 13.5. The van der Waals surface area contributed by atoms with E-state index in [9.17, 15) is 14.9 Å². The second-order valence-corrected chi connectivity index (χ2v) is 10.0. The molecule has 7 nitrogen and oxygen atoms in total. The second kappa shape index (κ2) is 9.75. The SMILES string of the molecule is Cc1cccn2c(=O)c(C=C(C#N)C(=O)NC3CCCC3)c(Oc3ccc(C(C)(C)C)cc3)nc12. The molecule has 2 heterocycles. The molecular weight excluding hydrogens is 440 g/mol. The topological polar surface area (TPSA) is 96.5 Å². The van der Waals surface area contributed by atoms with Gasteiger partial charge in [-0.15, -0.1) is 0 Å². The summed E-state index contributed by atoms with van der Waals surface area (Å²) < 4.78 is 7.47. The number of hydrogen-bond donors (Lipinski definition) is 1. The number of carbonyl (C=O) groups excluding carboxylic acids is 1. The first-order valence-electron chi connectivity index (χ1n) is 11.9. The maximum Gasteiger partial charge on any atom is 0.269 e. The van der Waals surface area contributed by atoms with Crippen LogP contribution < -0.4 is 15.6 Å². The van der Waals surface area contributed by atoms with Gasteiger partial charge in [0.25, 0.3) is 11.5 Å². The lowest BCUT2D eigenvalue weighted by atomic mass is 9.87. The van der Waals surface area contributed by atoms with Crippen LogP contribution in [0.3, 0.4) is 0 Å². The number of ether oxygens (including phenoxy) is 1. The first kappa shape index (κ1) is 24.2. The molecule has 0 radical (unpaired) electrons. The van der Waals surface area contributed by atoms with Gasteiger partial charge >= 0.3 is 0 Å². The highest BCUT2D eigenvalue weighted by Gasteiger charge is 2.22. The van der Waals surface area contributed by atoms with Gasteiger partial charge in [0, 0.05) is 12.2 Å². The van der Waals surface area contributed by atoms with E-state index in [0.29, 0.717) is 11.4 Å². The summed E-state index contributed by atoms with van der Waals surface area (Å²) in [6.45, 7) is 8.23. The predicted molar refractivity (Wildman–Crippen MR) is 135 cm³/mol. The number of aryl methyl sites for hydroxylation is 1. The highest BCUT2D eigenvalue weighted by Crippen LogP contribution is 2.28. The Bertz CT molecular complexity index is 1380. The van der Waals surface area contributed by atoms with Gasteiger partial charge in [-0.25, -0.2) is 0 Å². The van der Waals surface area contributed by atoms with Crippen LogP contribution in [0.1, 0.15) is 63.1 Å². The van der Waals surface area contributed by atoms with Crippen LogP contribution in [0, 0.1) is 18.3 Å². The smallest absolute Gasteiger partial charge is 0.269 e. The average molecular weight is 471 g/mol. The van der Waals surface area contributed by atoms with E-state index in [4.69, 9.17) is 4.74 Å². The van der Waals surface area contributed by atoms with E-state index in [1.807, 2.05) is 43.3 Å². The van der Waals surface area contributed by atoms with Crippen LogP contribution in [0.5, 0.6) is 11.6 Å². The molecule has 1 aromatic carbocycles. The summed E-state index contributed by atoms with van der Waals surface area (Å²) in [5.41, 5.74) is 1.85. The monoisotopic (exact) mass is 470 g/mol. The zero-order valence-corrected chi connectivity index (χ0v) is 20.6. The maximum absolute atomic E-state index is 13.5. The lowest BCUT2D eigenvalue weighted by molar-refractivity contribution is -0.117. The standard InChI is InChI=1S/C28H30N4O3/c1-18-8-7-15-32-24(18)31-26(35-22-13-11-20(12-14-22)28(2,3)4)23(27(32)34)16-19(17-29)25(33)30-21-9-5-6-10-21/h7-8,11-16,21H,5-6,9-10H2,1-4H3,(H,30,33). The molecule has 1 amide bonds. The minimum atomic E-state index is -0.492. The number of nitrogens with one attached hydrogen (secondary N) is 1. The molecule has 0 saturated heterocycles. The zero-order valence-electron chi connectivity index (χ0n) is 20.6. The molecule has 0 aliphatic heterocycles. The first-order chi connectivity index (χ1) is 16.7. The summed E-state index contributed by atoms with van der Waals surface area (Å²) in [5, 5.41) is 12.6. The van der Waals surface area contributed by atoms with E-state index < -0.39 is 11.5 Å². The highest BCUT2D eigenvalue weighted by molar-refractivity contribution is 6.02. The molecule has 1 aliphatic rings. The number of fused-ring (bicyclic) bond motifs is 1. The molecular formula is C28H30N4O3. The quantitative estimate of drug-likeness (QED) is 0.415. The van der Waals surface area contributed by atoms with Gasteiger partial charge < -0.3 is 10.1 Å². The fourth-order valence-corrected chi connectivity index (χ4v) is 4.25. The molecule has 0 atom stereocenters. The fraction of sp³-hybridized carbons (Fsp3) is 0.357. The minimum Gasteiger partial charge on any atom is -0.438 e. The summed E-state index contributed by atoms with van der Waals surface area (Å²) in [6, 6.07) is 13.2. The van der Waals surface area contributed by atoms with Crippen LogP contribution >= 0.6 is 0 Å². The molecule has 4 rings (SSSR count). The van der Waals surface area contributed by atoms with Crippen LogP contribution in [-0.4, -0.2) is 21.3 Å². The van der Waals surface area contributed by atoms with Crippen LogP contribution in [0.25, 0.3) is 11.7 Å². The number of pyridine rings is 1. The van der Waals surface area contributed by atoms with E-state index in [1.165, 1.54) is 10.5 Å². The normalized spacial score (nSPS) is 14.7. The molecule has 35 heavy (non-hydrogen) atoms. The number of benzene rings is 1. The second-order valence-electron chi connectivity index (χ2n) is 10.0. The van der Waals surface area contributed by atoms with E-state index in [1.54, 1.807) is 12.3 Å². The van der Waals surface area contributed by atoms with Gasteiger partial charge in [-0.2, -0.15) is 10.2 Å². The molecule has 1 N–H and O–H groups in total. The van der Waals surface area contributed by atoms with Crippen LogP contribution in [0.2, 0.25) is 0 Å². The number of carbonyl (C=O) groups is 1. The van der Waals surface area contributed by atoms with Gasteiger partial charge in [0.2, 0.25) is 5.88 Å². The Hall–Kier alpha value is -3.92. The molecule has 2 aromatic heterocycles. The Balaban J connectivity index is 1.79. The predicted octanol–water partition coefficient (Wildman–Crippen LogP) is 5.06. The number of aromatic nitrogens is 2. The molecule has 0 spiro atoms.